The number of esters is 1. The summed E-state index contributed by atoms with van der Waals surface area (Å²) >= 11 is 0. The van der Waals surface area contributed by atoms with Gasteiger partial charge in [-0.2, -0.15) is 0 Å². The molecular weight excluding hydrogens is 396 g/mol. The molecule has 0 bridgehead atoms. The molecule has 2 N–H and O–H groups in total. The number of nitrogens with one attached hydrogen (secondary N) is 2. The van der Waals surface area contributed by atoms with Crippen LogP contribution in [-0.2, 0) is 16.1 Å². The van der Waals surface area contributed by atoms with Gasteiger partial charge in [-0.25, -0.2) is 9.59 Å². The molecule has 0 saturated heterocycles. The van der Waals surface area contributed by atoms with Crippen LogP contribution in [0.3, 0.4) is 0 Å². The molecular formula is C23H30N4O4. The number of furan rings is 1. The second-order valence-corrected chi connectivity index (χ2v) is 7.52. The molecule has 0 saturated carbocycles. The molecule has 0 radical (unpaired) electrons. The second-order valence-electron chi connectivity index (χ2n) is 7.52. The average molecular weight is 427 g/mol. The minimum Gasteiger partial charge on any atom is -0.467 e. The van der Waals surface area contributed by atoms with Crippen LogP contribution in [0.25, 0.3) is 0 Å². The van der Waals surface area contributed by atoms with Crippen molar-refractivity contribution in [2.45, 2.75) is 26.4 Å². The highest BCUT2D eigenvalue weighted by Gasteiger charge is 2.35. The van der Waals surface area contributed by atoms with Crippen molar-refractivity contribution in [3.05, 3.63) is 65.3 Å². The highest BCUT2D eigenvalue weighted by atomic mass is 16.5. The Morgan fingerprint density at radius 2 is 1.87 bits per heavy atom. The number of anilines is 1. The molecule has 0 aliphatic carbocycles. The number of rotatable bonds is 9. The van der Waals surface area contributed by atoms with E-state index < -0.39 is 12.0 Å². The van der Waals surface area contributed by atoms with E-state index in [1.807, 2.05) is 21.0 Å². The summed E-state index contributed by atoms with van der Waals surface area (Å²) < 4.78 is 10.8. The number of ether oxygens (including phenoxy) is 1. The molecule has 1 atom stereocenters. The quantitative estimate of drug-likeness (QED) is 0.600. The lowest BCUT2D eigenvalue weighted by Crippen LogP contribution is -2.48. The van der Waals surface area contributed by atoms with E-state index in [1.54, 1.807) is 19.1 Å². The van der Waals surface area contributed by atoms with Crippen molar-refractivity contribution in [2.75, 3.05) is 38.7 Å². The Bertz CT molecular complexity index is 920. The van der Waals surface area contributed by atoms with E-state index in [-0.39, 0.29) is 12.6 Å². The maximum absolute atomic E-state index is 12.8. The first-order valence-electron chi connectivity index (χ1n) is 10.4. The zero-order valence-corrected chi connectivity index (χ0v) is 18.5. The molecule has 1 aromatic carbocycles. The van der Waals surface area contributed by atoms with Gasteiger partial charge in [-0.1, -0.05) is 19.1 Å². The summed E-state index contributed by atoms with van der Waals surface area (Å²) in [4.78, 5) is 29.4. The Balaban J connectivity index is 1.88. The van der Waals surface area contributed by atoms with Gasteiger partial charge in [-0.15, -0.1) is 0 Å². The Kier molecular flexibility index (Phi) is 7.36. The van der Waals surface area contributed by atoms with Gasteiger partial charge >= 0.3 is 12.0 Å². The summed E-state index contributed by atoms with van der Waals surface area (Å²) in [6.45, 7) is 5.85. The number of likely N-dealkylation sites (N-methyl/N-ethyl adjacent to an activating group) is 1. The number of urea groups is 1. The SMILES string of the molecule is CCOC(=O)C1=C(CN(CC)Cc2ccc(N(C)C)cc2)NC(=O)N[C@@H]1c1ccco1. The third-order valence-corrected chi connectivity index (χ3v) is 5.16. The molecule has 1 aliphatic heterocycles. The van der Waals surface area contributed by atoms with Gasteiger partial charge in [0, 0.05) is 38.6 Å². The van der Waals surface area contributed by atoms with Gasteiger partial charge in [0.1, 0.15) is 11.8 Å². The van der Waals surface area contributed by atoms with Crippen molar-refractivity contribution in [3.8, 4) is 0 Å². The topological polar surface area (TPSA) is 87.0 Å². The Hall–Kier alpha value is -3.26. The maximum atomic E-state index is 12.8. The van der Waals surface area contributed by atoms with E-state index in [4.69, 9.17) is 9.15 Å². The predicted molar refractivity (Wildman–Crippen MR) is 118 cm³/mol. The predicted octanol–water partition coefficient (Wildman–Crippen LogP) is 3.04. The normalized spacial score (nSPS) is 16.2. The van der Waals surface area contributed by atoms with Crippen molar-refractivity contribution in [2.24, 2.45) is 0 Å². The molecule has 1 aliphatic rings. The summed E-state index contributed by atoms with van der Waals surface area (Å²) in [6, 6.07) is 10.7. The van der Waals surface area contributed by atoms with E-state index in [2.05, 4.69) is 44.7 Å². The first-order valence-corrected chi connectivity index (χ1v) is 10.4. The molecule has 3 rings (SSSR count). The van der Waals surface area contributed by atoms with Crippen LogP contribution in [0, 0.1) is 0 Å². The van der Waals surface area contributed by atoms with Gasteiger partial charge < -0.3 is 24.7 Å². The largest absolute Gasteiger partial charge is 0.467 e. The first kappa shape index (κ1) is 22.4. The molecule has 8 heteroatoms. The highest BCUT2D eigenvalue weighted by molar-refractivity contribution is 5.95. The number of hydrogen-bond acceptors (Lipinski definition) is 6. The van der Waals surface area contributed by atoms with Crippen molar-refractivity contribution < 1.29 is 18.7 Å². The number of carbonyl (C=O) groups excluding carboxylic acids is 2. The summed E-state index contributed by atoms with van der Waals surface area (Å²) in [5.41, 5.74) is 3.16. The molecule has 2 aromatic rings. The third-order valence-electron chi connectivity index (χ3n) is 5.16. The van der Waals surface area contributed by atoms with Crippen molar-refractivity contribution >= 4 is 17.7 Å². The number of benzene rings is 1. The fourth-order valence-corrected chi connectivity index (χ4v) is 3.52. The van der Waals surface area contributed by atoms with Gasteiger partial charge in [-0.3, -0.25) is 4.90 Å². The fourth-order valence-electron chi connectivity index (χ4n) is 3.52. The Morgan fingerprint density at radius 1 is 1.13 bits per heavy atom. The minimum absolute atomic E-state index is 0.240. The number of nitrogens with zero attached hydrogens (tertiary/aromatic N) is 2. The molecule has 0 spiro atoms. The number of amides is 2. The summed E-state index contributed by atoms with van der Waals surface area (Å²) in [6.07, 6.45) is 1.52. The lowest BCUT2D eigenvalue weighted by atomic mass is 9.99. The van der Waals surface area contributed by atoms with Crippen molar-refractivity contribution in [1.82, 2.24) is 15.5 Å². The van der Waals surface area contributed by atoms with Crippen LogP contribution in [-0.4, -0.2) is 50.7 Å². The molecule has 0 fully saturated rings. The van der Waals surface area contributed by atoms with Gasteiger partial charge in [0.15, 0.2) is 0 Å². The summed E-state index contributed by atoms with van der Waals surface area (Å²) in [5, 5.41) is 5.58. The summed E-state index contributed by atoms with van der Waals surface area (Å²) in [5.74, 6) is 0.00974. The van der Waals surface area contributed by atoms with Crippen LogP contribution in [0.5, 0.6) is 0 Å². The van der Waals surface area contributed by atoms with Crippen molar-refractivity contribution in [1.29, 1.82) is 0 Å². The van der Waals surface area contributed by atoms with Crippen LogP contribution in [0.2, 0.25) is 0 Å². The molecule has 2 amide bonds. The molecule has 31 heavy (non-hydrogen) atoms. The van der Waals surface area contributed by atoms with Crippen LogP contribution in [0.4, 0.5) is 10.5 Å². The summed E-state index contributed by atoms with van der Waals surface area (Å²) in [7, 11) is 4.01. The average Bonchev–Trinajstić information content (AvgIpc) is 3.28. The standard InChI is InChI=1S/C23H30N4O4/c1-5-27(14-16-9-11-17(12-10-16)26(3)4)15-18-20(22(28)30-6-2)21(25-23(29)24-18)19-8-7-13-31-19/h7-13,21H,5-6,14-15H2,1-4H3,(H2,24,25,29)/t21-/m1/s1. The number of carbonyl (C=O) groups is 2. The van der Waals surface area contributed by atoms with Crippen LogP contribution >= 0.6 is 0 Å². The molecule has 8 nitrogen and oxygen atoms in total. The van der Waals surface area contributed by atoms with Crippen LogP contribution < -0.4 is 15.5 Å². The smallest absolute Gasteiger partial charge is 0.338 e. The number of hydrogen-bond donors (Lipinski definition) is 2. The molecule has 2 heterocycles. The Morgan fingerprint density at radius 3 is 2.45 bits per heavy atom. The second kappa shape index (κ2) is 10.2. The molecule has 0 unspecified atom stereocenters. The van der Waals surface area contributed by atoms with Crippen LogP contribution in [0.15, 0.2) is 58.3 Å². The Labute approximate surface area is 182 Å². The van der Waals surface area contributed by atoms with Gasteiger partial charge in [0.25, 0.3) is 0 Å². The van der Waals surface area contributed by atoms with Gasteiger partial charge in [0.2, 0.25) is 0 Å². The molecule has 1 aromatic heterocycles. The zero-order valence-electron chi connectivity index (χ0n) is 18.5. The zero-order chi connectivity index (χ0) is 22.4. The van der Waals surface area contributed by atoms with Gasteiger partial charge in [-0.05, 0) is 43.3 Å². The van der Waals surface area contributed by atoms with E-state index in [1.165, 1.54) is 6.26 Å². The third kappa shape index (κ3) is 5.46. The van der Waals surface area contributed by atoms with Crippen molar-refractivity contribution in [3.63, 3.8) is 0 Å². The lowest BCUT2D eigenvalue weighted by molar-refractivity contribution is -0.139. The van der Waals surface area contributed by atoms with Gasteiger partial charge in [0.05, 0.1) is 18.4 Å². The molecule has 166 valence electrons. The van der Waals surface area contributed by atoms with E-state index in [0.717, 1.165) is 17.8 Å². The van der Waals surface area contributed by atoms with E-state index >= 15 is 0 Å². The van der Waals surface area contributed by atoms with E-state index in [9.17, 15) is 9.59 Å². The maximum Gasteiger partial charge on any atom is 0.338 e. The fraction of sp³-hybridized carbons (Fsp3) is 0.391. The van der Waals surface area contributed by atoms with Crippen LogP contribution in [0.1, 0.15) is 31.2 Å². The lowest BCUT2D eigenvalue weighted by Gasteiger charge is -2.31. The first-order chi connectivity index (χ1) is 14.9. The van der Waals surface area contributed by atoms with E-state index in [0.29, 0.717) is 30.1 Å². The highest BCUT2D eigenvalue weighted by Crippen LogP contribution is 2.28. The monoisotopic (exact) mass is 426 g/mol. The minimum atomic E-state index is -0.698.